The van der Waals surface area contributed by atoms with Crippen molar-refractivity contribution < 1.29 is 28.7 Å². The van der Waals surface area contributed by atoms with Gasteiger partial charge < -0.3 is 20.7 Å². The zero-order chi connectivity index (χ0) is 38.2. The number of thioether (sulfide) groups is 3. The highest BCUT2D eigenvalue weighted by Gasteiger charge is 2.19. The zero-order valence-corrected chi connectivity index (χ0v) is 35.8. The summed E-state index contributed by atoms with van der Waals surface area (Å²) in [4.78, 5) is 56.5. The van der Waals surface area contributed by atoms with Gasteiger partial charge in [0.25, 0.3) is 0 Å². The molecule has 13 heteroatoms. The van der Waals surface area contributed by atoms with E-state index in [4.69, 9.17) is 4.74 Å². The van der Waals surface area contributed by atoms with E-state index in [9.17, 15) is 24.0 Å². The van der Waals surface area contributed by atoms with E-state index in [-0.39, 0.29) is 34.6 Å². The van der Waals surface area contributed by atoms with Gasteiger partial charge in [-0.15, -0.1) is 0 Å². The maximum atomic E-state index is 12.7. The van der Waals surface area contributed by atoms with Crippen molar-refractivity contribution in [3.8, 4) is 0 Å². The lowest BCUT2D eigenvalue weighted by Crippen LogP contribution is -2.25. The first-order chi connectivity index (χ1) is 24.7. The molecule has 0 aliphatic heterocycles. The quantitative estimate of drug-likeness (QED) is 0.0216. The number of rotatable bonds is 35. The van der Waals surface area contributed by atoms with Crippen LogP contribution in [0.5, 0.6) is 0 Å². The van der Waals surface area contributed by atoms with Crippen molar-refractivity contribution in [2.24, 2.45) is 0 Å². The second-order valence-electron chi connectivity index (χ2n) is 12.9. The molecular weight excluding hydrogens is 723 g/mol. The summed E-state index contributed by atoms with van der Waals surface area (Å²) in [6.07, 6.45) is 23.3. The first-order valence-corrected chi connectivity index (χ1v) is 23.2. The lowest BCUT2D eigenvalue weighted by Gasteiger charge is -2.20. The molecule has 0 spiro atoms. The van der Waals surface area contributed by atoms with Crippen LogP contribution in [0, 0.1) is 0 Å². The van der Waals surface area contributed by atoms with Crippen molar-refractivity contribution in [3.63, 3.8) is 0 Å². The van der Waals surface area contributed by atoms with Crippen molar-refractivity contribution in [3.05, 3.63) is 0 Å². The van der Waals surface area contributed by atoms with E-state index in [1.165, 1.54) is 116 Å². The molecule has 2 atom stereocenters. The fourth-order valence-electron chi connectivity index (χ4n) is 5.11. The third-order valence-electron chi connectivity index (χ3n) is 7.87. The molecule has 3 N–H and O–H groups in total. The Morgan fingerprint density at radius 1 is 0.706 bits per heavy atom. The summed E-state index contributed by atoms with van der Waals surface area (Å²) in [5.41, 5.74) is 0. The van der Waals surface area contributed by atoms with Crippen molar-refractivity contribution in [2.75, 3.05) is 49.3 Å². The normalized spacial score (nSPS) is 11.9. The summed E-state index contributed by atoms with van der Waals surface area (Å²) in [7, 11) is 0. The minimum Gasteiger partial charge on any atom is -0.466 e. The Morgan fingerprint density at radius 2 is 1.20 bits per heavy atom. The van der Waals surface area contributed by atoms with Gasteiger partial charge in [0.15, 0.2) is 5.12 Å². The standard InChI is InChI=1S/C35H66N2O5S3.C3H7NOS/c1-5-6-7-8-9-10-11-12-13-14-15-16-17-18-19-20-24-42-34(40)21-25-45-35(41)29-33(44-27-23-37-32(4)39)28-30(2)43-26-22-36-31(3)38;5-3-4-1-2-6/h30,33H,5-29H2,1-4H3,(H,36,38)(H,37,39);3,6H,1-2H2,(H,4,5). The summed E-state index contributed by atoms with van der Waals surface area (Å²) in [5, 5.41) is 8.64. The number of nitrogens with one attached hydrogen (secondary N) is 3. The Kier molecular flexibility index (Phi) is 42.6. The van der Waals surface area contributed by atoms with Crippen LogP contribution in [0.3, 0.4) is 0 Å². The summed E-state index contributed by atoms with van der Waals surface area (Å²) in [5.74, 6) is 2.43. The molecule has 3 amide bonds. The fourth-order valence-corrected chi connectivity index (χ4v) is 8.52. The number of carbonyl (C=O) groups excluding carboxylic acids is 5. The topological polar surface area (TPSA) is 131 Å². The second-order valence-corrected chi connectivity index (χ2v) is 17.4. The summed E-state index contributed by atoms with van der Waals surface area (Å²) < 4.78 is 5.39. The minimum atomic E-state index is -0.221. The molecule has 0 radical (unpaired) electrons. The maximum Gasteiger partial charge on any atom is 0.306 e. The zero-order valence-electron chi connectivity index (χ0n) is 32.4. The molecule has 300 valence electrons. The van der Waals surface area contributed by atoms with Crippen LogP contribution in [0.4, 0.5) is 0 Å². The van der Waals surface area contributed by atoms with Gasteiger partial charge in [-0.05, 0) is 12.8 Å². The van der Waals surface area contributed by atoms with Gasteiger partial charge >= 0.3 is 5.97 Å². The van der Waals surface area contributed by atoms with E-state index in [1.54, 1.807) is 23.5 Å². The van der Waals surface area contributed by atoms with E-state index in [0.717, 1.165) is 30.8 Å². The van der Waals surface area contributed by atoms with Crippen LogP contribution in [0.1, 0.15) is 150 Å². The molecule has 9 nitrogen and oxygen atoms in total. The van der Waals surface area contributed by atoms with Crippen LogP contribution < -0.4 is 16.0 Å². The monoisotopic (exact) mass is 795 g/mol. The average molecular weight is 796 g/mol. The van der Waals surface area contributed by atoms with Crippen molar-refractivity contribution in [2.45, 2.75) is 160 Å². The fraction of sp³-hybridized carbons (Fsp3) is 0.868. The van der Waals surface area contributed by atoms with Gasteiger partial charge in [-0.1, -0.05) is 122 Å². The molecule has 51 heavy (non-hydrogen) atoms. The lowest BCUT2D eigenvalue weighted by molar-refractivity contribution is -0.143. The van der Waals surface area contributed by atoms with E-state index in [0.29, 0.717) is 55.8 Å². The number of carbonyl (C=O) groups is 5. The average Bonchev–Trinajstić information content (AvgIpc) is 3.09. The molecular formula is C38H73N3O6S4. The number of amides is 3. The number of hydrogen-bond donors (Lipinski definition) is 4. The van der Waals surface area contributed by atoms with Crippen LogP contribution >= 0.6 is 47.9 Å². The molecule has 0 heterocycles. The van der Waals surface area contributed by atoms with Gasteiger partial charge in [0.2, 0.25) is 18.2 Å². The highest BCUT2D eigenvalue weighted by atomic mass is 32.2. The van der Waals surface area contributed by atoms with Crippen molar-refractivity contribution in [1.29, 1.82) is 0 Å². The smallest absolute Gasteiger partial charge is 0.306 e. The van der Waals surface area contributed by atoms with Crippen LogP contribution in [0.2, 0.25) is 0 Å². The van der Waals surface area contributed by atoms with E-state index >= 15 is 0 Å². The first-order valence-electron chi connectivity index (χ1n) is 19.5. The maximum absolute atomic E-state index is 12.7. The highest BCUT2D eigenvalue weighted by Crippen LogP contribution is 2.27. The molecule has 0 aromatic rings. The molecule has 0 fully saturated rings. The Hall–Kier alpha value is -1.05. The van der Waals surface area contributed by atoms with Crippen LogP contribution in [0.25, 0.3) is 0 Å². The largest absolute Gasteiger partial charge is 0.466 e. The molecule has 2 unspecified atom stereocenters. The molecule has 0 saturated carbocycles. The van der Waals surface area contributed by atoms with E-state index < -0.39 is 0 Å². The van der Waals surface area contributed by atoms with E-state index in [1.807, 2.05) is 0 Å². The van der Waals surface area contributed by atoms with Crippen molar-refractivity contribution in [1.82, 2.24) is 16.0 Å². The molecule has 0 aliphatic carbocycles. The molecule has 0 bridgehead atoms. The Bertz CT molecular complexity index is 856. The van der Waals surface area contributed by atoms with Crippen LogP contribution in [-0.2, 0) is 28.7 Å². The third-order valence-corrected chi connectivity index (χ3v) is 11.5. The summed E-state index contributed by atoms with van der Waals surface area (Å²) >= 11 is 8.54. The van der Waals surface area contributed by atoms with Gasteiger partial charge in [0.05, 0.1) is 13.0 Å². The van der Waals surface area contributed by atoms with Gasteiger partial charge in [-0.2, -0.15) is 36.2 Å². The number of unbranched alkanes of at least 4 members (excludes halogenated alkanes) is 15. The minimum absolute atomic E-state index is 0.0265. The van der Waals surface area contributed by atoms with E-state index in [2.05, 4.69) is 42.4 Å². The summed E-state index contributed by atoms with van der Waals surface area (Å²) in [6, 6.07) is 0. The molecule has 0 aliphatic rings. The molecule has 0 aromatic heterocycles. The van der Waals surface area contributed by atoms with Crippen LogP contribution in [-0.4, -0.2) is 89.1 Å². The van der Waals surface area contributed by atoms with Gasteiger partial charge in [-0.3, -0.25) is 24.0 Å². The number of esters is 1. The Morgan fingerprint density at radius 3 is 1.65 bits per heavy atom. The SMILES string of the molecule is CCCCCCCCCCCCCCCCCCOC(=O)CCSC(=O)CC(CC(C)SCCNC(C)=O)SCCNC(C)=O.O=CNCCS. The lowest BCUT2D eigenvalue weighted by atomic mass is 10.0. The predicted molar refractivity (Wildman–Crippen MR) is 225 cm³/mol. The molecule has 0 rings (SSSR count). The van der Waals surface area contributed by atoms with Gasteiger partial charge in [0, 0.05) is 73.4 Å². The molecule has 0 aromatic carbocycles. The first kappa shape index (κ1) is 52.1. The summed E-state index contributed by atoms with van der Waals surface area (Å²) in [6.45, 7) is 9.78. The number of ether oxygens (including phenoxy) is 1. The van der Waals surface area contributed by atoms with Crippen LogP contribution in [0.15, 0.2) is 0 Å². The second kappa shape index (κ2) is 41.7. The predicted octanol–water partition coefficient (Wildman–Crippen LogP) is 8.38. The third kappa shape index (κ3) is 45.0. The Labute approximate surface area is 329 Å². The molecule has 0 saturated heterocycles. The van der Waals surface area contributed by atoms with Gasteiger partial charge in [-0.25, -0.2) is 0 Å². The van der Waals surface area contributed by atoms with Crippen molar-refractivity contribution >= 4 is 77.2 Å². The van der Waals surface area contributed by atoms with Gasteiger partial charge in [0.1, 0.15) is 0 Å². The number of hydrogen-bond acceptors (Lipinski definition) is 10. The highest BCUT2D eigenvalue weighted by molar-refractivity contribution is 8.13. The Balaban J connectivity index is 0. The number of thiol groups is 1.